The quantitative estimate of drug-likeness (QED) is 0.830. The van der Waals surface area contributed by atoms with Gasteiger partial charge in [-0.15, -0.1) is 0 Å². The van der Waals surface area contributed by atoms with Gasteiger partial charge >= 0.3 is 0 Å². The van der Waals surface area contributed by atoms with Crippen molar-refractivity contribution in [3.8, 4) is 0 Å². The number of aryl methyl sites for hydroxylation is 1. The van der Waals surface area contributed by atoms with Crippen molar-refractivity contribution in [2.75, 3.05) is 52.5 Å². The lowest BCUT2D eigenvalue weighted by Gasteiger charge is -2.29. The molecule has 0 aliphatic carbocycles. The Bertz CT molecular complexity index is 463. The van der Waals surface area contributed by atoms with Crippen LogP contribution in [0, 0.1) is 6.92 Å². The molecule has 1 aromatic carbocycles. The maximum absolute atomic E-state index is 5.39. The van der Waals surface area contributed by atoms with Gasteiger partial charge in [0.15, 0.2) is 0 Å². The average molecular weight is 273 g/mol. The van der Waals surface area contributed by atoms with Crippen LogP contribution in [0.3, 0.4) is 0 Å². The predicted octanol–water partition coefficient (Wildman–Crippen LogP) is 1.39. The highest BCUT2D eigenvalue weighted by Crippen LogP contribution is 2.12. The van der Waals surface area contributed by atoms with E-state index in [1.807, 2.05) is 0 Å². The molecule has 4 nitrogen and oxygen atoms in total. The van der Waals surface area contributed by atoms with Crippen LogP contribution in [-0.4, -0.2) is 68.1 Å². The number of benzene rings is 1. The second kappa shape index (κ2) is 6.37. The van der Waals surface area contributed by atoms with E-state index in [-0.39, 0.29) is 0 Å². The molecule has 3 rings (SSSR count). The predicted molar refractivity (Wildman–Crippen MR) is 81.4 cm³/mol. The van der Waals surface area contributed by atoms with Crippen molar-refractivity contribution in [2.45, 2.75) is 6.92 Å². The summed E-state index contributed by atoms with van der Waals surface area (Å²) >= 11 is 0. The van der Waals surface area contributed by atoms with E-state index in [1.165, 1.54) is 17.0 Å². The fourth-order valence-electron chi connectivity index (χ4n) is 2.76. The van der Waals surface area contributed by atoms with Gasteiger partial charge in [0.05, 0.1) is 19.8 Å². The van der Waals surface area contributed by atoms with Gasteiger partial charge in [-0.05, 0) is 6.92 Å². The molecule has 0 N–H and O–H groups in total. The van der Waals surface area contributed by atoms with Crippen molar-refractivity contribution >= 4 is 5.84 Å². The number of hydrogen-bond donors (Lipinski definition) is 0. The highest BCUT2D eigenvalue weighted by atomic mass is 16.5. The van der Waals surface area contributed by atoms with E-state index in [1.54, 1.807) is 0 Å². The molecule has 2 aliphatic rings. The summed E-state index contributed by atoms with van der Waals surface area (Å²) in [5.74, 6) is 1.17. The Morgan fingerprint density at radius 3 is 2.55 bits per heavy atom. The number of nitrogens with zero attached hydrogens (tertiary/aromatic N) is 3. The molecule has 0 spiro atoms. The zero-order valence-electron chi connectivity index (χ0n) is 12.2. The van der Waals surface area contributed by atoms with Gasteiger partial charge in [0, 0.05) is 38.3 Å². The summed E-state index contributed by atoms with van der Waals surface area (Å²) in [5, 5.41) is 0. The second-order valence-corrected chi connectivity index (χ2v) is 5.51. The van der Waals surface area contributed by atoms with Gasteiger partial charge in [-0.2, -0.15) is 0 Å². The molecule has 2 heterocycles. The van der Waals surface area contributed by atoms with E-state index in [0.29, 0.717) is 0 Å². The van der Waals surface area contributed by atoms with E-state index in [0.717, 1.165) is 52.5 Å². The smallest absolute Gasteiger partial charge is 0.131 e. The number of ether oxygens (including phenoxy) is 1. The number of rotatable bonds is 4. The third-order valence-corrected chi connectivity index (χ3v) is 4.03. The van der Waals surface area contributed by atoms with Crippen molar-refractivity contribution < 1.29 is 4.74 Å². The summed E-state index contributed by atoms with van der Waals surface area (Å²) in [6, 6.07) is 8.69. The largest absolute Gasteiger partial charge is 0.379 e. The maximum Gasteiger partial charge on any atom is 0.131 e. The van der Waals surface area contributed by atoms with Crippen LogP contribution < -0.4 is 0 Å². The van der Waals surface area contributed by atoms with Crippen molar-refractivity contribution in [3.05, 3.63) is 35.4 Å². The fraction of sp³-hybridized carbons (Fsp3) is 0.562. The highest BCUT2D eigenvalue weighted by Gasteiger charge is 2.19. The van der Waals surface area contributed by atoms with Gasteiger partial charge in [-0.3, -0.25) is 9.89 Å². The first-order valence-corrected chi connectivity index (χ1v) is 7.49. The van der Waals surface area contributed by atoms with Crippen molar-refractivity contribution in [2.24, 2.45) is 4.99 Å². The van der Waals surface area contributed by atoms with E-state index < -0.39 is 0 Å². The SMILES string of the molecule is Cc1ccc(C2=NCCN2CCN2CCOCC2)cc1. The van der Waals surface area contributed by atoms with Gasteiger partial charge in [0.25, 0.3) is 0 Å². The molecule has 1 aromatic rings. The summed E-state index contributed by atoms with van der Waals surface area (Å²) in [7, 11) is 0. The molecule has 4 heteroatoms. The van der Waals surface area contributed by atoms with Gasteiger partial charge < -0.3 is 9.64 Å². The van der Waals surface area contributed by atoms with Gasteiger partial charge in [-0.1, -0.05) is 29.8 Å². The molecule has 0 atom stereocenters. The Hall–Kier alpha value is -1.39. The van der Waals surface area contributed by atoms with Crippen LogP contribution in [0.1, 0.15) is 11.1 Å². The van der Waals surface area contributed by atoms with Crippen molar-refractivity contribution in [1.82, 2.24) is 9.80 Å². The summed E-state index contributed by atoms with van der Waals surface area (Å²) in [5.41, 5.74) is 2.54. The monoisotopic (exact) mass is 273 g/mol. The summed E-state index contributed by atoms with van der Waals surface area (Å²) in [6.45, 7) is 10.1. The lowest BCUT2D eigenvalue weighted by Crippen LogP contribution is -2.42. The lowest BCUT2D eigenvalue weighted by molar-refractivity contribution is 0.0362. The Balaban J connectivity index is 1.59. The summed E-state index contributed by atoms with van der Waals surface area (Å²) in [6.07, 6.45) is 0. The third kappa shape index (κ3) is 3.19. The van der Waals surface area contributed by atoms with E-state index in [4.69, 9.17) is 4.74 Å². The van der Waals surface area contributed by atoms with Crippen molar-refractivity contribution in [1.29, 1.82) is 0 Å². The second-order valence-electron chi connectivity index (χ2n) is 5.51. The Labute approximate surface area is 121 Å². The fourth-order valence-corrected chi connectivity index (χ4v) is 2.76. The average Bonchev–Trinajstić information content (AvgIpc) is 2.95. The molecule has 0 amide bonds. The van der Waals surface area contributed by atoms with Gasteiger partial charge in [0.1, 0.15) is 5.84 Å². The zero-order valence-corrected chi connectivity index (χ0v) is 12.2. The topological polar surface area (TPSA) is 28.1 Å². The van der Waals surface area contributed by atoms with Gasteiger partial charge in [0.2, 0.25) is 0 Å². The minimum absolute atomic E-state index is 0.874. The van der Waals surface area contributed by atoms with Crippen LogP contribution in [0.4, 0.5) is 0 Å². The molecular formula is C16H23N3O. The number of morpholine rings is 1. The molecule has 0 unspecified atom stereocenters. The number of hydrogen-bond acceptors (Lipinski definition) is 4. The molecule has 0 radical (unpaired) electrons. The molecule has 0 aromatic heterocycles. The minimum atomic E-state index is 0.874. The first-order chi connectivity index (χ1) is 9.83. The van der Waals surface area contributed by atoms with Crippen LogP contribution in [0.15, 0.2) is 29.3 Å². The van der Waals surface area contributed by atoms with Crippen LogP contribution in [-0.2, 0) is 4.74 Å². The first-order valence-electron chi connectivity index (χ1n) is 7.49. The van der Waals surface area contributed by atoms with E-state index in [9.17, 15) is 0 Å². The highest BCUT2D eigenvalue weighted by molar-refractivity contribution is 5.99. The molecule has 0 bridgehead atoms. The van der Waals surface area contributed by atoms with Crippen LogP contribution in [0.2, 0.25) is 0 Å². The molecule has 20 heavy (non-hydrogen) atoms. The Morgan fingerprint density at radius 2 is 1.80 bits per heavy atom. The lowest BCUT2D eigenvalue weighted by atomic mass is 10.1. The minimum Gasteiger partial charge on any atom is -0.379 e. The standard InChI is InChI=1S/C16H23N3O/c1-14-2-4-15(5-3-14)16-17-6-7-19(16)9-8-18-10-12-20-13-11-18/h2-5H,6-13H2,1H3. The molecular weight excluding hydrogens is 250 g/mol. The Morgan fingerprint density at radius 1 is 1.05 bits per heavy atom. The molecule has 108 valence electrons. The van der Waals surface area contributed by atoms with Crippen LogP contribution in [0.25, 0.3) is 0 Å². The summed E-state index contributed by atoms with van der Waals surface area (Å²) in [4.78, 5) is 9.58. The molecule has 2 aliphatic heterocycles. The number of amidine groups is 1. The maximum atomic E-state index is 5.39. The van der Waals surface area contributed by atoms with Crippen molar-refractivity contribution in [3.63, 3.8) is 0 Å². The number of aliphatic imine (C=N–C) groups is 1. The van der Waals surface area contributed by atoms with E-state index in [2.05, 4.69) is 46.0 Å². The molecule has 0 saturated carbocycles. The zero-order chi connectivity index (χ0) is 13.8. The third-order valence-electron chi connectivity index (χ3n) is 4.03. The molecule has 1 fully saturated rings. The summed E-state index contributed by atoms with van der Waals surface area (Å²) < 4.78 is 5.39. The van der Waals surface area contributed by atoms with Gasteiger partial charge in [-0.25, -0.2) is 0 Å². The van der Waals surface area contributed by atoms with E-state index >= 15 is 0 Å². The molecule has 1 saturated heterocycles. The first kappa shape index (κ1) is 13.6. The van der Waals surface area contributed by atoms with Crippen LogP contribution in [0.5, 0.6) is 0 Å². The Kier molecular flexibility index (Phi) is 4.33. The van der Waals surface area contributed by atoms with Crippen LogP contribution >= 0.6 is 0 Å². The normalized spacial score (nSPS) is 20.2.